The number of methoxy groups -OCH3 is 1. The van der Waals surface area contributed by atoms with Gasteiger partial charge in [0, 0.05) is 20.3 Å². The summed E-state index contributed by atoms with van der Waals surface area (Å²) in [5, 5.41) is 0. The van der Waals surface area contributed by atoms with E-state index < -0.39 is 12.1 Å². The highest BCUT2D eigenvalue weighted by atomic mass is 16.7. The van der Waals surface area contributed by atoms with E-state index in [4.69, 9.17) is 33.2 Å². The van der Waals surface area contributed by atoms with Crippen molar-refractivity contribution in [2.45, 2.75) is 180 Å². The van der Waals surface area contributed by atoms with E-state index >= 15 is 0 Å². The summed E-state index contributed by atoms with van der Waals surface area (Å²) in [6.45, 7) is 7.51. The maximum atomic E-state index is 12.2. The fraction of sp³-hybridized carbons (Fsp3) is 0.950. The fourth-order valence-corrected chi connectivity index (χ4v) is 5.55. The van der Waals surface area contributed by atoms with Crippen LogP contribution in [0, 0.1) is 0 Å². The minimum absolute atomic E-state index is 0.0474. The molecule has 0 radical (unpaired) electrons. The van der Waals surface area contributed by atoms with Crippen molar-refractivity contribution in [1.82, 2.24) is 0 Å². The Morgan fingerprint density at radius 1 is 0.429 bits per heavy atom. The van der Waals surface area contributed by atoms with Gasteiger partial charge in [0.1, 0.15) is 25.9 Å². The Hall–Kier alpha value is -1.42. The standard InChI is InChI=1S/C40H78O9/c1-4-6-8-10-12-14-16-18-20-22-24-26-29-45-36-38(46-30-27-25-23-21-19-17-15-13-11-9-7-5-2)37-49-40(42)48-31-28-39(41)47-35-34-44-33-32-43-3/h38H,4-37H2,1-3H3/t38-/m1/s1. The number of unbranched alkanes of at least 4 members (excludes halogenated alkanes) is 22. The lowest BCUT2D eigenvalue weighted by Gasteiger charge is -2.18. The third-order valence-corrected chi connectivity index (χ3v) is 8.63. The van der Waals surface area contributed by atoms with Gasteiger partial charge < -0.3 is 33.2 Å². The zero-order valence-corrected chi connectivity index (χ0v) is 32.3. The first-order valence-electron chi connectivity index (χ1n) is 20.3. The second-order valence-corrected chi connectivity index (χ2v) is 13.3. The van der Waals surface area contributed by atoms with Crippen molar-refractivity contribution in [2.75, 3.05) is 66.6 Å². The number of carbonyl (C=O) groups excluding carboxylic acids is 2. The molecule has 0 aromatic heterocycles. The van der Waals surface area contributed by atoms with Crippen LogP contribution in [0.5, 0.6) is 0 Å². The largest absolute Gasteiger partial charge is 0.508 e. The van der Waals surface area contributed by atoms with Gasteiger partial charge in [0.05, 0.1) is 32.8 Å². The molecule has 0 saturated heterocycles. The van der Waals surface area contributed by atoms with Crippen molar-refractivity contribution in [3.8, 4) is 0 Å². The maximum absolute atomic E-state index is 12.2. The first-order valence-corrected chi connectivity index (χ1v) is 20.3. The SMILES string of the molecule is CCCCCCCCCCCCCCOC[C@H](COC(=O)OCCC(=O)OCCOCCOC)OCCCCCCCCCCCCCC. The normalized spacial score (nSPS) is 11.9. The van der Waals surface area contributed by atoms with Crippen LogP contribution in [0.15, 0.2) is 0 Å². The zero-order chi connectivity index (χ0) is 35.7. The van der Waals surface area contributed by atoms with Crippen LogP contribution in [0.4, 0.5) is 4.79 Å². The van der Waals surface area contributed by atoms with Gasteiger partial charge in [0.25, 0.3) is 0 Å². The molecule has 0 aromatic carbocycles. The van der Waals surface area contributed by atoms with E-state index in [2.05, 4.69) is 13.8 Å². The average Bonchev–Trinajstić information content (AvgIpc) is 3.10. The summed E-state index contributed by atoms with van der Waals surface area (Å²) < 4.78 is 37.6. The van der Waals surface area contributed by atoms with E-state index in [1.165, 1.54) is 135 Å². The van der Waals surface area contributed by atoms with Crippen molar-refractivity contribution in [3.63, 3.8) is 0 Å². The first-order chi connectivity index (χ1) is 24.1. The van der Waals surface area contributed by atoms with E-state index in [9.17, 15) is 9.59 Å². The number of rotatable bonds is 40. The predicted molar refractivity (Wildman–Crippen MR) is 198 cm³/mol. The van der Waals surface area contributed by atoms with Crippen LogP contribution in [0.25, 0.3) is 0 Å². The molecule has 0 rings (SSSR count). The van der Waals surface area contributed by atoms with Crippen LogP contribution in [0.1, 0.15) is 174 Å². The summed E-state index contributed by atoms with van der Waals surface area (Å²) in [5.41, 5.74) is 0. The molecule has 9 heteroatoms. The van der Waals surface area contributed by atoms with Crippen molar-refractivity contribution >= 4 is 12.1 Å². The van der Waals surface area contributed by atoms with E-state index in [0.29, 0.717) is 39.6 Å². The zero-order valence-electron chi connectivity index (χ0n) is 32.3. The van der Waals surface area contributed by atoms with Gasteiger partial charge in [-0.3, -0.25) is 4.79 Å². The van der Waals surface area contributed by atoms with Crippen molar-refractivity contribution in [3.05, 3.63) is 0 Å². The monoisotopic (exact) mass is 703 g/mol. The second-order valence-electron chi connectivity index (χ2n) is 13.3. The molecular formula is C40H78O9. The highest BCUT2D eigenvalue weighted by Crippen LogP contribution is 2.14. The van der Waals surface area contributed by atoms with Crippen LogP contribution in [-0.2, 0) is 38.0 Å². The second kappa shape index (κ2) is 41.0. The summed E-state index contributed by atoms with van der Waals surface area (Å²) in [6, 6.07) is 0. The van der Waals surface area contributed by atoms with Crippen LogP contribution in [0.3, 0.4) is 0 Å². The molecule has 0 amide bonds. The lowest BCUT2D eigenvalue weighted by atomic mass is 10.1. The Morgan fingerprint density at radius 3 is 1.41 bits per heavy atom. The molecule has 9 nitrogen and oxygen atoms in total. The van der Waals surface area contributed by atoms with Crippen molar-refractivity contribution in [1.29, 1.82) is 0 Å². The molecule has 0 heterocycles. The van der Waals surface area contributed by atoms with Crippen LogP contribution >= 0.6 is 0 Å². The molecule has 0 spiro atoms. The topological polar surface area (TPSA) is 98.8 Å². The summed E-state index contributed by atoms with van der Waals surface area (Å²) in [4.78, 5) is 24.0. The molecular weight excluding hydrogens is 624 g/mol. The Balaban J connectivity index is 4.14. The third kappa shape index (κ3) is 39.2. The van der Waals surface area contributed by atoms with Crippen LogP contribution in [0.2, 0.25) is 0 Å². The molecule has 0 N–H and O–H groups in total. The van der Waals surface area contributed by atoms with Crippen LogP contribution in [-0.4, -0.2) is 84.8 Å². The molecule has 0 aliphatic carbocycles. The van der Waals surface area contributed by atoms with Crippen molar-refractivity contribution in [2.24, 2.45) is 0 Å². The lowest BCUT2D eigenvalue weighted by Crippen LogP contribution is -2.28. The summed E-state index contributed by atoms with van der Waals surface area (Å²) in [5.74, 6) is -0.460. The first kappa shape index (κ1) is 47.6. The van der Waals surface area contributed by atoms with E-state index in [1.807, 2.05) is 0 Å². The lowest BCUT2D eigenvalue weighted by molar-refractivity contribution is -0.146. The van der Waals surface area contributed by atoms with E-state index in [1.54, 1.807) is 7.11 Å². The van der Waals surface area contributed by atoms with E-state index in [0.717, 1.165) is 19.3 Å². The smallest absolute Gasteiger partial charge is 0.463 e. The van der Waals surface area contributed by atoms with Gasteiger partial charge in [-0.15, -0.1) is 0 Å². The molecule has 0 fully saturated rings. The van der Waals surface area contributed by atoms with Gasteiger partial charge in [-0.2, -0.15) is 0 Å². The minimum atomic E-state index is -0.823. The van der Waals surface area contributed by atoms with Gasteiger partial charge in [-0.1, -0.05) is 155 Å². The molecule has 292 valence electrons. The van der Waals surface area contributed by atoms with Gasteiger partial charge in [0.15, 0.2) is 0 Å². The molecule has 0 aromatic rings. The predicted octanol–water partition coefficient (Wildman–Crippen LogP) is 10.5. The summed E-state index contributed by atoms with van der Waals surface area (Å²) in [6.07, 6.45) is 30.0. The summed E-state index contributed by atoms with van der Waals surface area (Å²) >= 11 is 0. The number of ether oxygens (including phenoxy) is 7. The molecule has 0 unspecified atom stereocenters. The number of hydrogen-bond donors (Lipinski definition) is 0. The molecule has 0 saturated carbocycles. The van der Waals surface area contributed by atoms with Gasteiger partial charge in [-0.05, 0) is 12.8 Å². The van der Waals surface area contributed by atoms with Gasteiger partial charge in [-0.25, -0.2) is 4.79 Å². The Labute approximate surface area is 301 Å². The fourth-order valence-electron chi connectivity index (χ4n) is 5.55. The molecule has 0 aliphatic heterocycles. The summed E-state index contributed by atoms with van der Waals surface area (Å²) in [7, 11) is 1.59. The molecule has 1 atom stereocenters. The number of carbonyl (C=O) groups is 2. The van der Waals surface area contributed by atoms with Crippen LogP contribution < -0.4 is 0 Å². The highest BCUT2D eigenvalue weighted by molar-refractivity contribution is 5.70. The Bertz CT molecular complexity index is 676. The number of hydrogen-bond acceptors (Lipinski definition) is 9. The van der Waals surface area contributed by atoms with E-state index in [-0.39, 0.29) is 32.3 Å². The quantitative estimate of drug-likeness (QED) is 0.0456. The number of esters is 1. The Kier molecular flexibility index (Phi) is 39.8. The highest BCUT2D eigenvalue weighted by Gasteiger charge is 2.15. The van der Waals surface area contributed by atoms with Gasteiger partial charge >= 0.3 is 12.1 Å². The molecule has 49 heavy (non-hydrogen) atoms. The van der Waals surface area contributed by atoms with Crippen molar-refractivity contribution < 1.29 is 42.7 Å². The molecule has 0 aliphatic rings. The average molecular weight is 703 g/mol. The molecule has 0 bridgehead atoms. The van der Waals surface area contributed by atoms with Gasteiger partial charge in [0.2, 0.25) is 0 Å². The maximum Gasteiger partial charge on any atom is 0.508 e. The minimum Gasteiger partial charge on any atom is -0.463 e. The third-order valence-electron chi connectivity index (χ3n) is 8.63. The Morgan fingerprint density at radius 2 is 0.898 bits per heavy atom.